The lowest BCUT2D eigenvalue weighted by molar-refractivity contribution is 0.0561. The van der Waals surface area contributed by atoms with Gasteiger partial charge in [-0.05, 0) is 38.2 Å². The number of likely N-dealkylation sites (N-methyl/N-ethyl adjacent to an activating group) is 1. The SMILES string of the molecule is CC1c2sc(C(=O)N3CCN(S(=O)(=O)c4cc5cc(Cl)ccc5[nH]4)CC3Cc3nn[nH]n3)nc2CCN1C. The summed E-state index contributed by atoms with van der Waals surface area (Å²) in [6.45, 7) is 3.46. The first-order valence-electron chi connectivity index (χ1n) is 12.2. The van der Waals surface area contributed by atoms with Gasteiger partial charge in [-0.15, -0.1) is 21.5 Å². The summed E-state index contributed by atoms with van der Waals surface area (Å²) in [6, 6.07) is 6.45. The third-order valence-electron chi connectivity index (χ3n) is 7.34. The van der Waals surface area contributed by atoms with E-state index in [-0.39, 0.29) is 43.0 Å². The number of thiazole rings is 1. The van der Waals surface area contributed by atoms with Gasteiger partial charge in [-0.2, -0.15) is 9.52 Å². The van der Waals surface area contributed by atoms with E-state index in [9.17, 15) is 13.2 Å². The maximum Gasteiger partial charge on any atom is 0.283 e. The number of nitrogens with one attached hydrogen (secondary N) is 2. The molecule has 0 aliphatic carbocycles. The number of hydrogen-bond acceptors (Lipinski definition) is 9. The van der Waals surface area contributed by atoms with Gasteiger partial charge in [-0.1, -0.05) is 16.8 Å². The minimum absolute atomic E-state index is 0.0820. The van der Waals surface area contributed by atoms with Crippen molar-refractivity contribution in [1.29, 1.82) is 0 Å². The summed E-state index contributed by atoms with van der Waals surface area (Å²) in [7, 11) is -1.80. The number of carbonyl (C=O) groups is 1. The van der Waals surface area contributed by atoms with Crippen molar-refractivity contribution in [3.05, 3.63) is 50.7 Å². The fourth-order valence-electron chi connectivity index (χ4n) is 5.08. The van der Waals surface area contributed by atoms with Crippen molar-refractivity contribution < 1.29 is 13.2 Å². The van der Waals surface area contributed by atoms with E-state index >= 15 is 0 Å². The van der Waals surface area contributed by atoms with Crippen molar-refractivity contribution in [1.82, 2.24) is 44.7 Å². The molecule has 2 atom stereocenters. The van der Waals surface area contributed by atoms with E-state index < -0.39 is 16.1 Å². The van der Waals surface area contributed by atoms with Gasteiger partial charge in [0.15, 0.2) is 10.8 Å². The van der Waals surface area contributed by atoms with E-state index in [1.807, 2.05) is 0 Å². The average Bonchev–Trinajstić information content (AvgIpc) is 3.65. The monoisotopic (exact) mass is 575 g/mol. The molecule has 5 heterocycles. The van der Waals surface area contributed by atoms with Crippen LogP contribution in [-0.2, 0) is 22.9 Å². The van der Waals surface area contributed by atoms with Crippen molar-refractivity contribution in [3.8, 4) is 0 Å². The van der Waals surface area contributed by atoms with Gasteiger partial charge in [-0.3, -0.25) is 9.69 Å². The average molecular weight is 576 g/mol. The highest BCUT2D eigenvalue weighted by Gasteiger charge is 2.39. The summed E-state index contributed by atoms with van der Waals surface area (Å²) < 4.78 is 28.7. The van der Waals surface area contributed by atoms with Crippen LogP contribution in [0.3, 0.4) is 0 Å². The van der Waals surface area contributed by atoms with Crippen molar-refractivity contribution in [2.24, 2.45) is 0 Å². The summed E-state index contributed by atoms with van der Waals surface area (Å²) in [5.41, 5.74) is 1.65. The molecule has 1 fully saturated rings. The molecule has 0 spiro atoms. The third kappa shape index (κ3) is 4.49. The number of fused-ring (bicyclic) bond motifs is 2. The van der Waals surface area contributed by atoms with Gasteiger partial charge in [0, 0.05) is 65.9 Å². The molecular weight excluding hydrogens is 550 g/mol. The highest BCUT2D eigenvalue weighted by Crippen LogP contribution is 2.34. The number of rotatable bonds is 5. The number of benzene rings is 1. The topological polar surface area (TPSA) is 144 Å². The van der Waals surface area contributed by atoms with Gasteiger partial charge in [0.1, 0.15) is 5.03 Å². The van der Waals surface area contributed by atoms with Crippen LogP contribution in [0.1, 0.15) is 39.2 Å². The minimum atomic E-state index is -3.86. The number of sulfonamides is 1. The Bertz CT molecular complexity index is 1600. The van der Waals surface area contributed by atoms with E-state index in [4.69, 9.17) is 16.6 Å². The minimum Gasteiger partial charge on any atom is -0.345 e. The van der Waals surface area contributed by atoms with Crippen molar-refractivity contribution in [3.63, 3.8) is 0 Å². The number of hydrogen-bond donors (Lipinski definition) is 2. The predicted molar refractivity (Wildman–Crippen MR) is 142 cm³/mol. The van der Waals surface area contributed by atoms with E-state index in [2.05, 4.69) is 44.5 Å². The number of tetrazole rings is 1. The molecule has 200 valence electrons. The Hall–Kier alpha value is -2.91. The Morgan fingerprint density at radius 1 is 1.24 bits per heavy atom. The summed E-state index contributed by atoms with van der Waals surface area (Å²) >= 11 is 7.51. The first-order valence-corrected chi connectivity index (χ1v) is 14.9. The van der Waals surface area contributed by atoms with Gasteiger partial charge in [0.25, 0.3) is 15.9 Å². The fraction of sp³-hybridized carbons (Fsp3) is 0.435. The van der Waals surface area contributed by atoms with Crippen molar-refractivity contribution in [2.45, 2.75) is 36.9 Å². The second-order valence-corrected chi connectivity index (χ2v) is 13.0. The Morgan fingerprint density at radius 2 is 2.08 bits per heavy atom. The maximum absolute atomic E-state index is 13.7. The molecule has 6 rings (SSSR count). The first kappa shape index (κ1) is 25.4. The lowest BCUT2D eigenvalue weighted by Gasteiger charge is -2.39. The molecule has 1 saturated heterocycles. The van der Waals surface area contributed by atoms with Crippen molar-refractivity contribution in [2.75, 3.05) is 33.2 Å². The first-order chi connectivity index (χ1) is 18.2. The van der Waals surface area contributed by atoms with Crippen LogP contribution in [0, 0.1) is 0 Å². The van der Waals surface area contributed by atoms with E-state index in [1.165, 1.54) is 15.6 Å². The number of H-pyrrole nitrogens is 2. The Balaban J connectivity index is 1.28. The maximum atomic E-state index is 13.7. The predicted octanol–water partition coefficient (Wildman–Crippen LogP) is 2.10. The van der Waals surface area contributed by atoms with Crippen LogP contribution in [0.4, 0.5) is 0 Å². The van der Waals surface area contributed by atoms with Gasteiger partial charge in [-0.25, -0.2) is 13.4 Å². The molecule has 38 heavy (non-hydrogen) atoms. The standard InChI is InChI=1S/C23H26ClN9O3S2/c1-13-21-18(5-6-31(13)2)26-22(37-21)23(34)33-8-7-32(12-16(33)11-19-27-29-30-28-19)38(35,36)20-10-14-9-15(24)3-4-17(14)25-20/h3-4,9-10,13,16,25H,5-8,11-12H2,1-2H3,(H,27,28,29,30). The molecule has 0 radical (unpaired) electrons. The largest absolute Gasteiger partial charge is 0.345 e. The normalized spacial score (nSPS) is 21.2. The summed E-state index contributed by atoms with van der Waals surface area (Å²) in [5, 5.41) is 15.9. The summed E-state index contributed by atoms with van der Waals surface area (Å²) in [5.74, 6) is 0.200. The molecule has 4 aromatic rings. The van der Waals surface area contributed by atoms with Crippen LogP contribution < -0.4 is 0 Å². The molecule has 12 nitrogen and oxygen atoms in total. The van der Waals surface area contributed by atoms with Crippen LogP contribution in [-0.4, -0.2) is 98.3 Å². The number of piperazine rings is 1. The second-order valence-electron chi connectivity index (χ2n) is 9.65. The molecule has 0 saturated carbocycles. The lowest BCUT2D eigenvalue weighted by atomic mass is 10.1. The molecule has 2 N–H and O–H groups in total. The Labute approximate surface area is 228 Å². The Kier molecular flexibility index (Phi) is 6.46. The number of amides is 1. The molecule has 0 bridgehead atoms. The van der Waals surface area contributed by atoms with Gasteiger partial charge in [0.05, 0.1) is 11.7 Å². The van der Waals surface area contributed by atoms with E-state index in [0.717, 1.165) is 23.5 Å². The smallest absolute Gasteiger partial charge is 0.283 e. The van der Waals surface area contributed by atoms with Gasteiger partial charge in [0.2, 0.25) is 0 Å². The third-order valence-corrected chi connectivity index (χ3v) is 10.6. The zero-order valence-electron chi connectivity index (χ0n) is 20.8. The molecule has 2 aliphatic heterocycles. The molecule has 2 aliphatic rings. The zero-order valence-corrected chi connectivity index (χ0v) is 23.1. The van der Waals surface area contributed by atoms with Crippen molar-refractivity contribution >= 4 is 49.8 Å². The van der Waals surface area contributed by atoms with Crippen LogP contribution in [0.5, 0.6) is 0 Å². The number of aromatic amines is 2. The van der Waals surface area contributed by atoms with E-state index in [1.54, 1.807) is 29.2 Å². The van der Waals surface area contributed by atoms with Crippen LogP contribution in [0.15, 0.2) is 29.3 Å². The number of aromatic nitrogens is 6. The Morgan fingerprint density at radius 3 is 2.87 bits per heavy atom. The second kappa shape index (κ2) is 9.68. The highest BCUT2D eigenvalue weighted by molar-refractivity contribution is 7.89. The van der Waals surface area contributed by atoms with E-state index in [0.29, 0.717) is 26.8 Å². The molecule has 1 aromatic carbocycles. The summed E-state index contributed by atoms with van der Waals surface area (Å²) in [6.07, 6.45) is 1.05. The molecule has 1 amide bonds. The number of halogens is 1. The molecule has 2 unspecified atom stereocenters. The summed E-state index contributed by atoms with van der Waals surface area (Å²) in [4.78, 5) is 26.5. The van der Waals surface area contributed by atoms with Gasteiger partial charge >= 0.3 is 0 Å². The van der Waals surface area contributed by atoms with Crippen LogP contribution in [0.25, 0.3) is 10.9 Å². The fourth-order valence-corrected chi connectivity index (χ4v) is 7.93. The number of carbonyl (C=O) groups excluding carboxylic acids is 1. The zero-order chi connectivity index (χ0) is 26.6. The molecule has 15 heteroatoms. The van der Waals surface area contributed by atoms with Crippen LogP contribution in [0.2, 0.25) is 5.02 Å². The molecule has 3 aromatic heterocycles. The highest BCUT2D eigenvalue weighted by atomic mass is 35.5. The number of nitrogens with zero attached hydrogens (tertiary/aromatic N) is 7. The van der Waals surface area contributed by atoms with Gasteiger partial charge < -0.3 is 9.88 Å². The van der Waals surface area contributed by atoms with Crippen LogP contribution >= 0.6 is 22.9 Å². The lowest BCUT2D eigenvalue weighted by Crippen LogP contribution is -2.57. The quantitative estimate of drug-likeness (QED) is 0.368. The molecular formula is C23H26ClN9O3S2.